The number of imidazole rings is 1. The van der Waals surface area contributed by atoms with Gasteiger partial charge in [0.05, 0.1) is 31.9 Å². The number of benzene rings is 2. The topological polar surface area (TPSA) is 65.7 Å². The van der Waals surface area contributed by atoms with Gasteiger partial charge in [0.25, 0.3) is 0 Å². The molecule has 0 radical (unpaired) electrons. The zero-order valence-electron chi connectivity index (χ0n) is 13.7. The Morgan fingerprint density at radius 1 is 1.04 bits per heavy atom. The van der Waals surface area contributed by atoms with Crippen LogP contribution in [0.3, 0.4) is 0 Å². The van der Waals surface area contributed by atoms with Crippen molar-refractivity contribution in [3.63, 3.8) is 0 Å². The summed E-state index contributed by atoms with van der Waals surface area (Å²) in [5.74, 6) is 2.75. The lowest BCUT2D eigenvalue weighted by atomic mass is 10.2. The Hall–Kier alpha value is -2.73. The highest BCUT2D eigenvalue weighted by Crippen LogP contribution is 2.32. The van der Waals surface area contributed by atoms with Gasteiger partial charge in [-0.3, -0.25) is 0 Å². The normalized spacial score (nSPS) is 10.8. The van der Waals surface area contributed by atoms with Gasteiger partial charge in [0, 0.05) is 18.7 Å². The Morgan fingerprint density at radius 3 is 2.42 bits per heavy atom. The van der Waals surface area contributed by atoms with Crippen LogP contribution < -0.4 is 14.2 Å². The first-order valence-electron chi connectivity index (χ1n) is 7.66. The van der Waals surface area contributed by atoms with Gasteiger partial charge in [0.15, 0.2) is 11.5 Å². The number of fused-ring (bicyclic) bond motifs is 1. The molecule has 0 aliphatic carbocycles. The first kappa shape index (κ1) is 16.1. The van der Waals surface area contributed by atoms with Crippen molar-refractivity contribution in [2.75, 3.05) is 20.8 Å². The van der Waals surface area contributed by atoms with Crippen LogP contribution in [0, 0.1) is 0 Å². The molecule has 0 amide bonds. The molecule has 6 nitrogen and oxygen atoms in total. The van der Waals surface area contributed by atoms with Crippen molar-refractivity contribution in [3.05, 3.63) is 48.3 Å². The number of hydrogen-bond acceptors (Lipinski definition) is 5. The largest absolute Gasteiger partial charge is 0.493 e. The van der Waals surface area contributed by atoms with Crippen molar-refractivity contribution in [1.29, 1.82) is 0 Å². The zero-order chi connectivity index (χ0) is 16.9. The number of aliphatic hydroxyl groups excluding tert-OH is 1. The number of aliphatic hydroxyl groups is 1. The molecule has 1 heterocycles. The third-order valence-corrected chi connectivity index (χ3v) is 3.77. The quantitative estimate of drug-likeness (QED) is 0.722. The average Bonchev–Trinajstić information content (AvgIpc) is 2.96. The summed E-state index contributed by atoms with van der Waals surface area (Å²) in [4.78, 5) is 4.62. The van der Waals surface area contributed by atoms with Gasteiger partial charge >= 0.3 is 0 Å². The monoisotopic (exact) mass is 328 g/mol. The van der Waals surface area contributed by atoms with Crippen molar-refractivity contribution in [2.45, 2.75) is 13.2 Å². The Bertz CT molecular complexity index is 815. The van der Waals surface area contributed by atoms with Crippen LogP contribution in [-0.4, -0.2) is 35.5 Å². The summed E-state index contributed by atoms with van der Waals surface area (Å²) in [5, 5.41) is 9.39. The van der Waals surface area contributed by atoms with E-state index >= 15 is 0 Å². The third-order valence-electron chi connectivity index (χ3n) is 3.77. The Labute approximate surface area is 140 Å². The van der Waals surface area contributed by atoms with E-state index in [-0.39, 0.29) is 6.61 Å². The second kappa shape index (κ2) is 7.23. The first-order chi connectivity index (χ1) is 11.8. The van der Waals surface area contributed by atoms with Crippen LogP contribution in [0.2, 0.25) is 0 Å². The number of para-hydroxylation sites is 1. The Kier molecular flexibility index (Phi) is 4.86. The lowest BCUT2D eigenvalue weighted by Gasteiger charge is -2.10. The van der Waals surface area contributed by atoms with E-state index in [0.29, 0.717) is 24.7 Å². The van der Waals surface area contributed by atoms with Gasteiger partial charge in [-0.1, -0.05) is 18.2 Å². The fourth-order valence-corrected chi connectivity index (χ4v) is 2.63. The molecule has 0 atom stereocenters. The minimum absolute atomic E-state index is 0.0120. The van der Waals surface area contributed by atoms with E-state index < -0.39 is 0 Å². The summed E-state index contributed by atoms with van der Waals surface area (Å²) >= 11 is 0. The van der Waals surface area contributed by atoms with E-state index in [1.807, 2.05) is 47.0 Å². The van der Waals surface area contributed by atoms with E-state index in [1.54, 1.807) is 14.2 Å². The number of rotatable bonds is 7. The molecule has 0 spiro atoms. The van der Waals surface area contributed by atoms with E-state index in [4.69, 9.17) is 14.2 Å². The predicted molar refractivity (Wildman–Crippen MR) is 90.7 cm³/mol. The molecule has 0 saturated carbocycles. The maximum Gasteiger partial charge on any atom is 0.163 e. The molecule has 0 unspecified atom stereocenters. The van der Waals surface area contributed by atoms with Crippen LogP contribution in [-0.2, 0) is 13.2 Å². The molecule has 0 saturated heterocycles. The van der Waals surface area contributed by atoms with Gasteiger partial charge in [-0.05, 0) is 12.1 Å². The fourth-order valence-electron chi connectivity index (χ4n) is 2.63. The molecular weight excluding hydrogens is 308 g/mol. The molecule has 6 heteroatoms. The lowest BCUT2D eigenvalue weighted by molar-refractivity contribution is 0.260. The SMILES string of the molecule is COc1cc2nc(COc3ccccc3)n(CCO)c2cc1OC. The predicted octanol–water partition coefficient (Wildman–Crippen LogP) is 2.62. The molecule has 0 fully saturated rings. The molecular formula is C18H20N2O4. The molecule has 24 heavy (non-hydrogen) atoms. The van der Waals surface area contributed by atoms with Crippen molar-refractivity contribution in [1.82, 2.24) is 9.55 Å². The summed E-state index contributed by atoms with van der Waals surface area (Å²) in [6, 6.07) is 13.3. The van der Waals surface area contributed by atoms with Crippen LogP contribution in [0.25, 0.3) is 11.0 Å². The highest BCUT2D eigenvalue weighted by atomic mass is 16.5. The molecule has 3 rings (SSSR count). The minimum Gasteiger partial charge on any atom is -0.493 e. The van der Waals surface area contributed by atoms with Crippen LogP contribution in [0.15, 0.2) is 42.5 Å². The van der Waals surface area contributed by atoms with Gasteiger partial charge in [-0.25, -0.2) is 4.98 Å². The third kappa shape index (κ3) is 3.14. The first-order valence-corrected chi connectivity index (χ1v) is 7.66. The molecule has 126 valence electrons. The molecule has 0 aliphatic rings. The summed E-state index contributed by atoms with van der Waals surface area (Å²) in [6.45, 7) is 0.751. The van der Waals surface area contributed by atoms with Crippen LogP contribution >= 0.6 is 0 Å². The Morgan fingerprint density at radius 2 is 1.75 bits per heavy atom. The lowest BCUT2D eigenvalue weighted by Crippen LogP contribution is -2.09. The van der Waals surface area contributed by atoms with E-state index in [9.17, 15) is 5.11 Å². The molecule has 1 N–H and O–H groups in total. The Balaban J connectivity index is 1.98. The summed E-state index contributed by atoms with van der Waals surface area (Å²) in [7, 11) is 3.18. The molecule has 1 aromatic heterocycles. The van der Waals surface area contributed by atoms with Gasteiger partial charge in [0.1, 0.15) is 18.2 Å². The van der Waals surface area contributed by atoms with Crippen molar-refractivity contribution in [3.8, 4) is 17.2 Å². The van der Waals surface area contributed by atoms with Crippen molar-refractivity contribution >= 4 is 11.0 Å². The average molecular weight is 328 g/mol. The van der Waals surface area contributed by atoms with E-state index in [0.717, 1.165) is 22.6 Å². The molecule has 0 aliphatic heterocycles. The maximum absolute atomic E-state index is 9.39. The number of nitrogens with zero attached hydrogens (tertiary/aromatic N) is 2. The van der Waals surface area contributed by atoms with Crippen LogP contribution in [0.5, 0.6) is 17.2 Å². The number of hydrogen-bond donors (Lipinski definition) is 1. The standard InChI is InChI=1S/C18H20N2O4/c1-22-16-10-14-15(11-17(16)23-2)20(8-9-21)18(19-14)12-24-13-6-4-3-5-7-13/h3-7,10-11,21H,8-9,12H2,1-2H3. The second-order valence-corrected chi connectivity index (χ2v) is 5.20. The highest BCUT2D eigenvalue weighted by Gasteiger charge is 2.15. The second-order valence-electron chi connectivity index (χ2n) is 5.20. The number of aromatic nitrogens is 2. The number of ether oxygens (including phenoxy) is 3. The summed E-state index contributed by atoms with van der Waals surface area (Å²) < 4.78 is 18.4. The van der Waals surface area contributed by atoms with Gasteiger partial charge in [0.2, 0.25) is 0 Å². The summed E-state index contributed by atoms with van der Waals surface area (Å²) in [6.07, 6.45) is 0. The highest BCUT2D eigenvalue weighted by molar-refractivity contribution is 5.80. The maximum atomic E-state index is 9.39. The van der Waals surface area contributed by atoms with Crippen molar-refractivity contribution in [2.24, 2.45) is 0 Å². The minimum atomic E-state index is 0.0120. The zero-order valence-corrected chi connectivity index (χ0v) is 13.7. The molecule has 0 bridgehead atoms. The van der Waals surface area contributed by atoms with Crippen LogP contribution in [0.4, 0.5) is 0 Å². The van der Waals surface area contributed by atoms with Gasteiger partial charge in [-0.2, -0.15) is 0 Å². The smallest absolute Gasteiger partial charge is 0.163 e. The molecule has 3 aromatic rings. The van der Waals surface area contributed by atoms with E-state index in [1.165, 1.54) is 0 Å². The molecule has 2 aromatic carbocycles. The van der Waals surface area contributed by atoms with E-state index in [2.05, 4.69) is 4.98 Å². The summed E-state index contributed by atoms with van der Waals surface area (Å²) in [5.41, 5.74) is 1.64. The number of methoxy groups -OCH3 is 2. The van der Waals surface area contributed by atoms with Gasteiger partial charge < -0.3 is 23.9 Å². The fraction of sp³-hybridized carbons (Fsp3) is 0.278. The van der Waals surface area contributed by atoms with Crippen molar-refractivity contribution < 1.29 is 19.3 Å². The van der Waals surface area contributed by atoms with Crippen LogP contribution in [0.1, 0.15) is 5.82 Å². The van der Waals surface area contributed by atoms with Gasteiger partial charge in [-0.15, -0.1) is 0 Å².